The van der Waals surface area contributed by atoms with Crippen molar-refractivity contribution in [3.8, 4) is 0 Å². The van der Waals surface area contributed by atoms with Crippen LogP contribution >= 0.6 is 11.6 Å². The van der Waals surface area contributed by atoms with Crippen molar-refractivity contribution < 1.29 is 8.42 Å². The molecule has 0 bridgehead atoms. The van der Waals surface area contributed by atoms with E-state index in [4.69, 9.17) is 11.6 Å². The minimum atomic E-state index is -3.60. The van der Waals surface area contributed by atoms with Crippen LogP contribution in [0.3, 0.4) is 0 Å². The Kier molecular flexibility index (Phi) is 7.11. The largest absolute Gasteiger partial charge is 0.313 e. The minimum absolute atomic E-state index is 0.177. The molecule has 0 radical (unpaired) electrons. The average molecular weight is 329 g/mol. The molecule has 1 N–H and O–H groups in total. The summed E-state index contributed by atoms with van der Waals surface area (Å²) in [5.41, 5.74) is 0.872. The van der Waals surface area contributed by atoms with Crippen LogP contribution in [0.1, 0.15) is 12.5 Å². The predicted octanol–water partition coefficient (Wildman–Crippen LogP) is 2.81. The second-order valence-corrected chi connectivity index (χ2v) is 6.78. The monoisotopic (exact) mass is 328 g/mol. The summed E-state index contributed by atoms with van der Waals surface area (Å²) in [6.07, 6.45) is 3.09. The Hall–Kier alpha value is -1.14. The number of halogens is 1. The first-order chi connectivity index (χ1) is 9.97. The van der Waals surface area contributed by atoms with E-state index in [1.165, 1.54) is 10.4 Å². The summed E-state index contributed by atoms with van der Waals surface area (Å²) >= 11 is 6.17. The van der Waals surface area contributed by atoms with E-state index in [0.29, 0.717) is 11.6 Å². The molecule has 0 heterocycles. The molecular weight excluding hydrogens is 308 g/mol. The normalized spacial score (nSPS) is 11.6. The Bertz CT molecular complexity index is 590. The van der Waals surface area contributed by atoms with E-state index in [0.717, 1.165) is 12.1 Å². The van der Waals surface area contributed by atoms with Crippen molar-refractivity contribution in [3.63, 3.8) is 0 Å². The highest BCUT2D eigenvalue weighted by atomic mass is 35.5. The first-order valence-electron chi connectivity index (χ1n) is 6.68. The molecular formula is C15H21ClN2O2S. The van der Waals surface area contributed by atoms with Gasteiger partial charge in [-0.05, 0) is 24.2 Å². The molecule has 1 rings (SSSR count). The standard InChI is InChI=1S/C15H21ClN2O2S/c1-4-9-18(10-5-2)21(19,20)14-8-7-13(12-17-6-3)15(16)11-14/h4-5,7-8,11,17H,1-2,6,9-10,12H2,3H3. The Morgan fingerprint density at radius 3 is 2.38 bits per heavy atom. The lowest BCUT2D eigenvalue weighted by molar-refractivity contribution is 0.474. The van der Waals surface area contributed by atoms with Gasteiger partial charge in [0.05, 0.1) is 4.90 Å². The van der Waals surface area contributed by atoms with Gasteiger partial charge in [-0.15, -0.1) is 13.2 Å². The van der Waals surface area contributed by atoms with Gasteiger partial charge in [-0.2, -0.15) is 4.31 Å². The Labute approximate surface area is 132 Å². The molecule has 4 nitrogen and oxygen atoms in total. The molecule has 0 aliphatic carbocycles. The summed E-state index contributed by atoms with van der Waals surface area (Å²) in [5.74, 6) is 0. The molecule has 6 heteroatoms. The summed E-state index contributed by atoms with van der Waals surface area (Å²) in [7, 11) is -3.60. The topological polar surface area (TPSA) is 49.4 Å². The number of sulfonamides is 1. The van der Waals surface area contributed by atoms with E-state index >= 15 is 0 Å². The summed E-state index contributed by atoms with van der Waals surface area (Å²) in [5, 5.41) is 3.60. The van der Waals surface area contributed by atoms with Crippen molar-refractivity contribution in [3.05, 3.63) is 54.1 Å². The van der Waals surface area contributed by atoms with Gasteiger partial charge in [-0.25, -0.2) is 8.42 Å². The summed E-state index contributed by atoms with van der Waals surface area (Å²) < 4.78 is 26.4. The molecule has 0 atom stereocenters. The molecule has 0 spiro atoms. The van der Waals surface area contributed by atoms with E-state index in [-0.39, 0.29) is 18.0 Å². The van der Waals surface area contributed by atoms with Crippen molar-refractivity contribution in [2.24, 2.45) is 0 Å². The van der Waals surface area contributed by atoms with E-state index in [1.54, 1.807) is 24.3 Å². The highest BCUT2D eigenvalue weighted by Gasteiger charge is 2.23. The average Bonchev–Trinajstić information content (AvgIpc) is 2.45. The molecule has 21 heavy (non-hydrogen) atoms. The van der Waals surface area contributed by atoms with Gasteiger partial charge in [0.2, 0.25) is 10.0 Å². The van der Waals surface area contributed by atoms with E-state index in [1.807, 2.05) is 6.92 Å². The number of rotatable bonds is 9. The zero-order valence-corrected chi connectivity index (χ0v) is 13.8. The van der Waals surface area contributed by atoms with Gasteiger partial charge in [0.1, 0.15) is 0 Å². The maximum absolute atomic E-state index is 12.5. The fraction of sp³-hybridized carbons (Fsp3) is 0.333. The second-order valence-electron chi connectivity index (χ2n) is 4.43. The third-order valence-electron chi connectivity index (χ3n) is 2.89. The molecule has 0 unspecified atom stereocenters. The number of nitrogens with one attached hydrogen (secondary N) is 1. The molecule has 0 fully saturated rings. The molecule has 116 valence electrons. The maximum Gasteiger partial charge on any atom is 0.243 e. The van der Waals surface area contributed by atoms with Crippen LogP contribution in [0.15, 0.2) is 48.4 Å². The van der Waals surface area contributed by atoms with Gasteiger partial charge in [0.25, 0.3) is 0 Å². The summed E-state index contributed by atoms with van der Waals surface area (Å²) in [4.78, 5) is 0.177. The van der Waals surface area contributed by atoms with Crippen molar-refractivity contribution in [1.82, 2.24) is 9.62 Å². The highest BCUT2D eigenvalue weighted by Crippen LogP contribution is 2.23. The Balaban J connectivity index is 3.10. The van der Waals surface area contributed by atoms with Crippen LogP contribution in [0.5, 0.6) is 0 Å². The lowest BCUT2D eigenvalue weighted by Gasteiger charge is -2.19. The molecule has 0 aromatic heterocycles. The van der Waals surface area contributed by atoms with Crippen molar-refractivity contribution in [1.29, 1.82) is 0 Å². The van der Waals surface area contributed by atoms with Crippen LogP contribution in [-0.2, 0) is 16.6 Å². The summed E-state index contributed by atoms with van der Waals surface area (Å²) in [6.45, 7) is 11.0. The second kappa shape index (κ2) is 8.34. The lowest BCUT2D eigenvalue weighted by atomic mass is 10.2. The third-order valence-corrected chi connectivity index (χ3v) is 5.07. The number of nitrogens with zero attached hydrogens (tertiary/aromatic N) is 1. The zero-order chi connectivity index (χ0) is 15.9. The molecule has 0 saturated carbocycles. The smallest absolute Gasteiger partial charge is 0.243 e. The quantitative estimate of drug-likeness (QED) is 0.709. The zero-order valence-electron chi connectivity index (χ0n) is 12.2. The summed E-state index contributed by atoms with van der Waals surface area (Å²) in [6, 6.07) is 4.80. The molecule has 0 amide bonds. The SMILES string of the molecule is C=CCN(CC=C)S(=O)(=O)c1ccc(CNCC)c(Cl)c1. The number of hydrogen-bond donors (Lipinski definition) is 1. The van der Waals surface area contributed by atoms with Crippen LogP contribution in [-0.4, -0.2) is 32.4 Å². The fourth-order valence-corrected chi connectivity index (χ4v) is 3.52. The third kappa shape index (κ3) is 4.68. The van der Waals surface area contributed by atoms with E-state index < -0.39 is 10.0 Å². The number of benzene rings is 1. The van der Waals surface area contributed by atoms with Gasteiger partial charge in [-0.3, -0.25) is 0 Å². The van der Waals surface area contributed by atoms with E-state index in [9.17, 15) is 8.42 Å². The van der Waals surface area contributed by atoms with Crippen LogP contribution in [0.25, 0.3) is 0 Å². The molecule has 0 aliphatic heterocycles. The lowest BCUT2D eigenvalue weighted by Crippen LogP contribution is -2.31. The number of hydrogen-bond acceptors (Lipinski definition) is 3. The van der Waals surface area contributed by atoms with Crippen molar-refractivity contribution in [2.75, 3.05) is 19.6 Å². The fourth-order valence-electron chi connectivity index (χ4n) is 1.80. The van der Waals surface area contributed by atoms with Gasteiger partial charge in [0, 0.05) is 24.7 Å². The Morgan fingerprint density at radius 2 is 1.90 bits per heavy atom. The first-order valence-corrected chi connectivity index (χ1v) is 8.50. The highest BCUT2D eigenvalue weighted by molar-refractivity contribution is 7.89. The van der Waals surface area contributed by atoms with Gasteiger partial charge in [0.15, 0.2) is 0 Å². The molecule has 1 aromatic rings. The van der Waals surface area contributed by atoms with Gasteiger partial charge >= 0.3 is 0 Å². The van der Waals surface area contributed by atoms with Crippen LogP contribution in [0.4, 0.5) is 0 Å². The van der Waals surface area contributed by atoms with Crippen molar-refractivity contribution in [2.45, 2.75) is 18.4 Å². The minimum Gasteiger partial charge on any atom is -0.313 e. The first kappa shape index (κ1) is 17.9. The van der Waals surface area contributed by atoms with Crippen LogP contribution < -0.4 is 5.32 Å². The van der Waals surface area contributed by atoms with Crippen LogP contribution in [0, 0.1) is 0 Å². The maximum atomic E-state index is 12.5. The van der Waals surface area contributed by atoms with Crippen LogP contribution in [0.2, 0.25) is 5.02 Å². The molecule has 1 aromatic carbocycles. The van der Waals surface area contributed by atoms with Gasteiger partial charge < -0.3 is 5.32 Å². The Morgan fingerprint density at radius 1 is 1.29 bits per heavy atom. The van der Waals surface area contributed by atoms with E-state index in [2.05, 4.69) is 18.5 Å². The molecule has 0 aliphatic rings. The predicted molar refractivity (Wildman–Crippen MR) is 88.0 cm³/mol. The van der Waals surface area contributed by atoms with Crippen molar-refractivity contribution >= 4 is 21.6 Å². The molecule has 0 saturated heterocycles. The van der Waals surface area contributed by atoms with Gasteiger partial charge in [-0.1, -0.05) is 36.7 Å².